The maximum atomic E-state index is 15.0. The molecule has 6 rings (SSSR count). The Hall–Kier alpha value is -5.02. The van der Waals surface area contributed by atoms with Crippen molar-refractivity contribution in [1.82, 2.24) is 24.9 Å². The molecule has 0 radical (unpaired) electrons. The summed E-state index contributed by atoms with van der Waals surface area (Å²) in [4.78, 5) is 27.1. The monoisotopic (exact) mass is 542 g/mol. The number of aromatic nitrogens is 5. The molecular weight excluding hydrogens is 518 g/mol. The van der Waals surface area contributed by atoms with E-state index in [4.69, 9.17) is 14.1 Å². The average molecular weight is 543 g/mol. The molecule has 1 aliphatic heterocycles. The van der Waals surface area contributed by atoms with Crippen LogP contribution in [0.15, 0.2) is 83.7 Å². The quantitative estimate of drug-likeness (QED) is 0.291. The van der Waals surface area contributed by atoms with Gasteiger partial charge in [0.25, 0.3) is 0 Å². The standard InChI is InChI=1S/C28H24F2N6O.CO2/c29-22-11-5-4-9-21(22)18-36-26(24-12-14-37-34-24)15-25(33-36)27-31-16-23(30)28(32-27)35-13-6-10-20(17-35)19-7-2-1-3-8-19;2-1-3/h1-5,7-9,11-12,14-16,20H,6,10,13,17-18H2;/t20-;/m0./s1. The Morgan fingerprint density at radius 1 is 0.975 bits per heavy atom. The van der Waals surface area contributed by atoms with E-state index in [1.54, 1.807) is 35.0 Å². The third kappa shape index (κ3) is 5.84. The molecule has 1 atom stereocenters. The van der Waals surface area contributed by atoms with Gasteiger partial charge in [0.15, 0.2) is 17.5 Å². The number of rotatable bonds is 6. The van der Waals surface area contributed by atoms with Gasteiger partial charge in [-0.2, -0.15) is 14.7 Å². The second-order valence-corrected chi connectivity index (χ2v) is 9.19. The molecule has 1 fully saturated rings. The predicted octanol–water partition coefficient (Wildman–Crippen LogP) is 5.12. The van der Waals surface area contributed by atoms with Crippen LogP contribution in [-0.2, 0) is 16.1 Å². The average Bonchev–Trinajstić information content (AvgIpc) is 3.66. The lowest BCUT2D eigenvalue weighted by Crippen LogP contribution is -2.35. The van der Waals surface area contributed by atoms with Crippen molar-refractivity contribution in [2.75, 3.05) is 18.0 Å². The highest BCUT2D eigenvalue weighted by atomic mass is 19.1. The summed E-state index contributed by atoms with van der Waals surface area (Å²) in [6, 6.07) is 20.3. The number of halogens is 2. The minimum atomic E-state index is -0.472. The summed E-state index contributed by atoms with van der Waals surface area (Å²) in [5.74, 6) is 0.0445. The summed E-state index contributed by atoms with van der Waals surface area (Å²) in [6.45, 7) is 1.56. The Morgan fingerprint density at radius 3 is 2.50 bits per heavy atom. The Bertz CT molecular complexity index is 1600. The van der Waals surface area contributed by atoms with Gasteiger partial charge in [-0.1, -0.05) is 53.7 Å². The molecule has 0 bridgehead atoms. The van der Waals surface area contributed by atoms with E-state index in [0.717, 1.165) is 12.8 Å². The van der Waals surface area contributed by atoms with E-state index in [-0.39, 0.29) is 30.2 Å². The molecule has 0 amide bonds. The molecule has 0 unspecified atom stereocenters. The predicted molar refractivity (Wildman–Crippen MR) is 140 cm³/mol. The number of nitrogens with zero attached hydrogens (tertiary/aromatic N) is 6. The van der Waals surface area contributed by atoms with Crippen molar-refractivity contribution >= 4 is 12.0 Å². The van der Waals surface area contributed by atoms with Crippen molar-refractivity contribution < 1.29 is 22.9 Å². The van der Waals surface area contributed by atoms with Gasteiger partial charge in [-0.15, -0.1) is 0 Å². The molecule has 1 saturated heterocycles. The lowest BCUT2D eigenvalue weighted by Gasteiger charge is -2.34. The first kappa shape index (κ1) is 26.6. The number of hydrogen-bond donors (Lipinski definition) is 0. The molecule has 202 valence electrons. The number of carbonyl (C=O) groups excluding carboxylic acids is 2. The zero-order chi connectivity index (χ0) is 27.9. The summed E-state index contributed by atoms with van der Waals surface area (Å²) < 4.78 is 36.0. The van der Waals surface area contributed by atoms with Gasteiger partial charge in [-0.3, -0.25) is 4.68 Å². The molecule has 0 saturated carbocycles. The van der Waals surface area contributed by atoms with Gasteiger partial charge in [0, 0.05) is 30.6 Å². The van der Waals surface area contributed by atoms with Crippen molar-refractivity contribution in [3.8, 4) is 22.9 Å². The first-order valence-corrected chi connectivity index (χ1v) is 12.6. The second-order valence-electron chi connectivity index (χ2n) is 9.19. The number of anilines is 1. The van der Waals surface area contributed by atoms with Crippen LogP contribution in [0.25, 0.3) is 22.9 Å². The molecule has 3 aromatic heterocycles. The highest BCUT2D eigenvalue weighted by molar-refractivity contribution is 5.63. The van der Waals surface area contributed by atoms with E-state index in [0.29, 0.717) is 41.7 Å². The van der Waals surface area contributed by atoms with E-state index in [9.17, 15) is 8.78 Å². The molecular formula is C29H24F2N6O3. The highest BCUT2D eigenvalue weighted by Gasteiger charge is 2.26. The van der Waals surface area contributed by atoms with E-state index in [1.165, 1.54) is 24.1 Å². The van der Waals surface area contributed by atoms with Crippen LogP contribution in [0.3, 0.4) is 0 Å². The first-order chi connectivity index (χ1) is 19.6. The van der Waals surface area contributed by atoms with E-state index in [1.807, 2.05) is 23.1 Å². The number of benzene rings is 2. The summed E-state index contributed by atoms with van der Waals surface area (Å²) in [7, 11) is 0. The van der Waals surface area contributed by atoms with Crippen LogP contribution in [-0.4, -0.2) is 44.1 Å². The minimum absolute atomic E-state index is 0.174. The summed E-state index contributed by atoms with van der Waals surface area (Å²) in [5.41, 5.74) is 3.31. The van der Waals surface area contributed by atoms with Crippen LogP contribution in [0, 0.1) is 11.6 Å². The van der Waals surface area contributed by atoms with Crippen molar-refractivity contribution in [1.29, 1.82) is 0 Å². The van der Waals surface area contributed by atoms with Crippen molar-refractivity contribution in [2.45, 2.75) is 25.3 Å². The number of piperidine rings is 1. The molecule has 0 aliphatic carbocycles. The van der Waals surface area contributed by atoms with E-state index >= 15 is 0 Å². The third-order valence-electron chi connectivity index (χ3n) is 6.70. The van der Waals surface area contributed by atoms with Crippen LogP contribution in [0.2, 0.25) is 0 Å². The first-order valence-electron chi connectivity index (χ1n) is 12.6. The van der Waals surface area contributed by atoms with Gasteiger partial charge in [0.05, 0.1) is 18.4 Å². The largest absolute Gasteiger partial charge is 0.373 e. The second kappa shape index (κ2) is 12.2. The van der Waals surface area contributed by atoms with Crippen LogP contribution < -0.4 is 4.90 Å². The van der Waals surface area contributed by atoms with Crippen molar-refractivity contribution in [2.24, 2.45) is 0 Å². The van der Waals surface area contributed by atoms with Gasteiger partial charge in [-0.25, -0.2) is 18.7 Å². The fourth-order valence-corrected chi connectivity index (χ4v) is 4.86. The molecule has 40 heavy (non-hydrogen) atoms. The maximum Gasteiger partial charge on any atom is 0.373 e. The van der Waals surface area contributed by atoms with Gasteiger partial charge in [-0.05, 0) is 30.5 Å². The molecule has 1 aliphatic rings. The zero-order valence-electron chi connectivity index (χ0n) is 21.3. The maximum absolute atomic E-state index is 15.0. The molecule has 5 aromatic rings. The number of hydrogen-bond acceptors (Lipinski definition) is 8. The van der Waals surface area contributed by atoms with Crippen molar-refractivity contribution in [3.63, 3.8) is 0 Å². The zero-order valence-corrected chi connectivity index (χ0v) is 21.3. The van der Waals surface area contributed by atoms with Crippen LogP contribution in [0.5, 0.6) is 0 Å². The molecule has 9 nitrogen and oxygen atoms in total. The molecule has 0 N–H and O–H groups in total. The van der Waals surface area contributed by atoms with Crippen LogP contribution >= 0.6 is 0 Å². The Kier molecular flexibility index (Phi) is 8.13. The smallest absolute Gasteiger partial charge is 0.364 e. The Labute approximate surface area is 228 Å². The van der Waals surface area contributed by atoms with Gasteiger partial charge in [0.2, 0.25) is 0 Å². The van der Waals surface area contributed by atoms with Crippen LogP contribution in [0.1, 0.15) is 29.9 Å². The topological polar surface area (TPSA) is 107 Å². The lowest BCUT2D eigenvalue weighted by molar-refractivity contribution is -0.191. The van der Waals surface area contributed by atoms with Crippen molar-refractivity contribution in [3.05, 3.63) is 102 Å². The Morgan fingerprint density at radius 2 is 1.75 bits per heavy atom. The molecule has 11 heteroatoms. The highest BCUT2D eigenvalue weighted by Crippen LogP contribution is 2.32. The summed E-state index contributed by atoms with van der Waals surface area (Å²) in [6.07, 6.45) is 4.88. The third-order valence-corrected chi connectivity index (χ3v) is 6.70. The minimum Gasteiger partial charge on any atom is -0.364 e. The summed E-state index contributed by atoms with van der Waals surface area (Å²) >= 11 is 0. The van der Waals surface area contributed by atoms with Gasteiger partial charge >= 0.3 is 6.15 Å². The van der Waals surface area contributed by atoms with Gasteiger partial charge < -0.3 is 9.42 Å². The SMILES string of the molecule is Fc1ccccc1Cn1nc(-c2ncc(F)c(N3CCC[C@H](c4ccccc4)C3)n2)cc1-c1ccon1.O=C=O. The Balaban J connectivity index is 0.00000103. The summed E-state index contributed by atoms with van der Waals surface area (Å²) in [5, 5.41) is 8.68. The van der Waals surface area contributed by atoms with Gasteiger partial charge in [0.1, 0.15) is 23.5 Å². The molecule has 4 heterocycles. The fourth-order valence-electron chi connectivity index (χ4n) is 4.86. The molecule has 0 spiro atoms. The fraction of sp³-hybridized carbons (Fsp3) is 0.207. The normalized spacial score (nSPS) is 14.8. The van der Waals surface area contributed by atoms with Crippen LogP contribution in [0.4, 0.5) is 14.6 Å². The molecule has 2 aromatic carbocycles. The van der Waals surface area contributed by atoms with E-state index < -0.39 is 5.82 Å². The van der Waals surface area contributed by atoms with E-state index in [2.05, 4.69) is 32.4 Å². The lowest BCUT2D eigenvalue weighted by atomic mass is 9.91.